The fraction of sp³-hybridized carbons (Fsp3) is 0.125. The molecular weight excluding hydrogens is 266 g/mol. The average Bonchev–Trinajstić information content (AvgIpc) is 3.01. The van der Waals surface area contributed by atoms with Crippen molar-refractivity contribution in [1.29, 1.82) is 5.26 Å². The van der Waals surface area contributed by atoms with Gasteiger partial charge in [0.25, 0.3) is 0 Å². The molecule has 4 heteroatoms. The second-order valence-electron chi connectivity index (χ2n) is 4.47. The number of aromatic nitrogens is 1. The Morgan fingerprint density at radius 3 is 2.90 bits per heavy atom. The fourth-order valence-electron chi connectivity index (χ4n) is 2.21. The number of thiophene rings is 1. The van der Waals surface area contributed by atoms with Crippen molar-refractivity contribution in [2.75, 3.05) is 0 Å². The van der Waals surface area contributed by atoms with Gasteiger partial charge in [-0.1, -0.05) is 30.3 Å². The summed E-state index contributed by atoms with van der Waals surface area (Å²) in [5.74, 6) is 0. The van der Waals surface area contributed by atoms with Crippen molar-refractivity contribution >= 4 is 22.1 Å². The van der Waals surface area contributed by atoms with E-state index in [9.17, 15) is 5.26 Å². The van der Waals surface area contributed by atoms with Crippen LogP contribution in [-0.4, -0.2) is 4.98 Å². The van der Waals surface area contributed by atoms with Gasteiger partial charge in [0.15, 0.2) is 0 Å². The SMILES string of the molecule is N#CC(NCc1cccs1)c1cncc2ccccc12. The van der Waals surface area contributed by atoms with Gasteiger partial charge in [0.2, 0.25) is 0 Å². The Morgan fingerprint density at radius 1 is 1.20 bits per heavy atom. The molecule has 0 bridgehead atoms. The molecule has 0 aliphatic heterocycles. The van der Waals surface area contributed by atoms with Crippen LogP contribution in [0.4, 0.5) is 0 Å². The first kappa shape index (κ1) is 12.8. The Hall–Kier alpha value is -2.22. The van der Waals surface area contributed by atoms with Crippen LogP contribution in [0.2, 0.25) is 0 Å². The molecule has 0 radical (unpaired) electrons. The van der Waals surface area contributed by atoms with Crippen molar-refractivity contribution in [3.63, 3.8) is 0 Å². The molecule has 0 saturated heterocycles. The molecular formula is C16H13N3S. The predicted molar refractivity (Wildman–Crippen MR) is 81.3 cm³/mol. The maximum Gasteiger partial charge on any atom is 0.123 e. The zero-order valence-corrected chi connectivity index (χ0v) is 11.6. The lowest BCUT2D eigenvalue weighted by Gasteiger charge is -2.13. The summed E-state index contributed by atoms with van der Waals surface area (Å²) < 4.78 is 0. The molecule has 0 amide bonds. The number of nitriles is 1. The van der Waals surface area contributed by atoms with Crippen molar-refractivity contribution in [3.8, 4) is 6.07 Å². The molecule has 3 rings (SSSR count). The maximum atomic E-state index is 9.43. The van der Waals surface area contributed by atoms with E-state index in [4.69, 9.17) is 0 Å². The monoisotopic (exact) mass is 279 g/mol. The Kier molecular flexibility index (Phi) is 3.73. The number of hydrogen-bond donors (Lipinski definition) is 1. The molecule has 1 N–H and O–H groups in total. The van der Waals surface area contributed by atoms with Gasteiger partial charge in [-0.3, -0.25) is 10.3 Å². The van der Waals surface area contributed by atoms with Crippen molar-refractivity contribution in [2.24, 2.45) is 0 Å². The van der Waals surface area contributed by atoms with Gasteiger partial charge in [-0.25, -0.2) is 0 Å². The zero-order valence-electron chi connectivity index (χ0n) is 10.8. The lowest BCUT2D eigenvalue weighted by molar-refractivity contribution is 0.638. The van der Waals surface area contributed by atoms with E-state index in [1.165, 1.54) is 4.88 Å². The predicted octanol–water partition coefficient (Wildman–Crippen LogP) is 3.65. The third-order valence-electron chi connectivity index (χ3n) is 3.20. The Morgan fingerprint density at radius 2 is 2.10 bits per heavy atom. The van der Waals surface area contributed by atoms with Crippen LogP contribution in [0.15, 0.2) is 54.2 Å². The molecule has 3 aromatic rings. The fourth-order valence-corrected chi connectivity index (χ4v) is 2.87. The van der Waals surface area contributed by atoms with E-state index in [1.54, 1.807) is 17.5 Å². The van der Waals surface area contributed by atoms with Crippen molar-refractivity contribution in [3.05, 3.63) is 64.6 Å². The van der Waals surface area contributed by atoms with Crippen LogP contribution in [0.3, 0.4) is 0 Å². The van der Waals surface area contributed by atoms with Gasteiger partial charge in [-0.05, 0) is 16.8 Å². The Balaban J connectivity index is 1.89. The van der Waals surface area contributed by atoms with Crippen LogP contribution >= 0.6 is 11.3 Å². The summed E-state index contributed by atoms with van der Waals surface area (Å²) in [5.41, 5.74) is 0.933. The Bertz CT molecular complexity index is 739. The minimum atomic E-state index is -0.351. The topological polar surface area (TPSA) is 48.7 Å². The van der Waals surface area contributed by atoms with Gasteiger partial charge in [-0.15, -0.1) is 11.3 Å². The molecule has 2 aromatic heterocycles. The Labute approximate surface area is 121 Å². The van der Waals surface area contributed by atoms with Crippen LogP contribution < -0.4 is 5.32 Å². The molecule has 0 spiro atoms. The summed E-state index contributed by atoms with van der Waals surface area (Å²) in [7, 11) is 0. The number of pyridine rings is 1. The summed E-state index contributed by atoms with van der Waals surface area (Å²) in [6, 6.07) is 14.1. The largest absolute Gasteiger partial charge is 0.293 e. The lowest BCUT2D eigenvalue weighted by atomic mass is 10.0. The second-order valence-corrected chi connectivity index (χ2v) is 5.50. The van der Waals surface area contributed by atoms with Crippen LogP contribution in [0, 0.1) is 11.3 Å². The van der Waals surface area contributed by atoms with Crippen molar-refractivity contribution < 1.29 is 0 Å². The van der Waals surface area contributed by atoms with Gasteiger partial charge < -0.3 is 0 Å². The summed E-state index contributed by atoms with van der Waals surface area (Å²) in [5, 5.41) is 16.9. The van der Waals surface area contributed by atoms with E-state index in [1.807, 2.05) is 41.9 Å². The minimum absolute atomic E-state index is 0.351. The van der Waals surface area contributed by atoms with Gasteiger partial charge in [0.05, 0.1) is 6.07 Å². The second kappa shape index (κ2) is 5.83. The normalized spacial score (nSPS) is 12.2. The summed E-state index contributed by atoms with van der Waals surface area (Å²) in [6.07, 6.45) is 3.60. The first-order valence-electron chi connectivity index (χ1n) is 6.36. The van der Waals surface area contributed by atoms with E-state index in [-0.39, 0.29) is 6.04 Å². The standard InChI is InChI=1S/C16H13N3S/c17-8-16(19-10-13-5-3-7-20-13)15-11-18-9-12-4-1-2-6-14(12)15/h1-7,9,11,16,19H,10H2. The zero-order chi connectivity index (χ0) is 13.8. The molecule has 0 saturated carbocycles. The molecule has 20 heavy (non-hydrogen) atoms. The highest BCUT2D eigenvalue weighted by molar-refractivity contribution is 7.09. The molecule has 98 valence electrons. The van der Waals surface area contributed by atoms with Crippen molar-refractivity contribution in [1.82, 2.24) is 10.3 Å². The highest BCUT2D eigenvalue weighted by Gasteiger charge is 2.13. The number of fused-ring (bicyclic) bond motifs is 1. The van der Waals surface area contributed by atoms with Gasteiger partial charge in [0.1, 0.15) is 6.04 Å². The van der Waals surface area contributed by atoms with Gasteiger partial charge >= 0.3 is 0 Å². The number of hydrogen-bond acceptors (Lipinski definition) is 4. The van der Waals surface area contributed by atoms with Crippen LogP contribution in [0.1, 0.15) is 16.5 Å². The highest BCUT2D eigenvalue weighted by atomic mass is 32.1. The molecule has 0 aliphatic rings. The van der Waals surface area contributed by atoms with E-state index in [2.05, 4.69) is 22.4 Å². The third kappa shape index (κ3) is 2.55. The maximum absolute atomic E-state index is 9.43. The van der Waals surface area contributed by atoms with Gasteiger partial charge in [0, 0.05) is 34.8 Å². The molecule has 1 aromatic carbocycles. The van der Waals surface area contributed by atoms with E-state index in [0.29, 0.717) is 6.54 Å². The number of benzene rings is 1. The molecule has 3 nitrogen and oxygen atoms in total. The van der Waals surface area contributed by atoms with Gasteiger partial charge in [-0.2, -0.15) is 5.26 Å². The summed E-state index contributed by atoms with van der Waals surface area (Å²) in [6.45, 7) is 0.694. The first-order valence-corrected chi connectivity index (χ1v) is 7.24. The van der Waals surface area contributed by atoms with Crippen LogP contribution in [0.5, 0.6) is 0 Å². The summed E-state index contributed by atoms with van der Waals surface area (Å²) >= 11 is 1.69. The molecule has 1 unspecified atom stereocenters. The quantitative estimate of drug-likeness (QED) is 0.793. The van der Waals surface area contributed by atoms with E-state index >= 15 is 0 Å². The van der Waals surface area contributed by atoms with Crippen molar-refractivity contribution in [2.45, 2.75) is 12.6 Å². The molecule has 2 heterocycles. The first-order chi connectivity index (χ1) is 9.88. The summed E-state index contributed by atoms with van der Waals surface area (Å²) in [4.78, 5) is 5.46. The number of nitrogens with zero attached hydrogens (tertiary/aromatic N) is 2. The van der Waals surface area contributed by atoms with E-state index in [0.717, 1.165) is 16.3 Å². The average molecular weight is 279 g/mol. The van der Waals surface area contributed by atoms with Crippen LogP contribution in [0.25, 0.3) is 10.8 Å². The molecule has 1 atom stereocenters. The smallest absolute Gasteiger partial charge is 0.123 e. The van der Waals surface area contributed by atoms with Crippen LogP contribution in [-0.2, 0) is 6.54 Å². The number of nitrogens with one attached hydrogen (secondary N) is 1. The molecule has 0 fully saturated rings. The highest BCUT2D eigenvalue weighted by Crippen LogP contribution is 2.23. The minimum Gasteiger partial charge on any atom is -0.293 e. The molecule has 0 aliphatic carbocycles. The third-order valence-corrected chi connectivity index (χ3v) is 4.08. The lowest BCUT2D eigenvalue weighted by Crippen LogP contribution is -2.19. The number of rotatable bonds is 4. The van der Waals surface area contributed by atoms with E-state index < -0.39 is 0 Å².